The molecule has 2 heterocycles. The van der Waals surface area contributed by atoms with E-state index < -0.39 is 0 Å². The molecule has 0 atom stereocenters. The van der Waals surface area contributed by atoms with Crippen molar-refractivity contribution < 1.29 is 0 Å². The molecular formula is C12H14N6. The first-order valence-corrected chi connectivity index (χ1v) is 5.66. The van der Waals surface area contributed by atoms with E-state index in [1.54, 1.807) is 19.3 Å². The van der Waals surface area contributed by atoms with Crippen LogP contribution in [0.3, 0.4) is 0 Å². The number of hydrogen-bond donors (Lipinski definition) is 2. The van der Waals surface area contributed by atoms with Crippen molar-refractivity contribution >= 4 is 22.7 Å². The van der Waals surface area contributed by atoms with Gasteiger partial charge in [0.25, 0.3) is 0 Å². The molecule has 2 N–H and O–H groups in total. The van der Waals surface area contributed by atoms with Gasteiger partial charge in [-0.15, -0.1) is 0 Å². The zero-order valence-corrected chi connectivity index (χ0v) is 10.5. The highest BCUT2D eigenvalue weighted by Gasteiger charge is 2.09. The van der Waals surface area contributed by atoms with Crippen molar-refractivity contribution in [3.05, 3.63) is 18.0 Å². The second-order valence-electron chi connectivity index (χ2n) is 4.15. The predicted molar refractivity (Wildman–Crippen MR) is 70.4 cm³/mol. The first kappa shape index (κ1) is 12.0. The van der Waals surface area contributed by atoms with Gasteiger partial charge in [0.2, 0.25) is 5.95 Å². The summed E-state index contributed by atoms with van der Waals surface area (Å²) in [5, 5.41) is 15.8. The summed E-state index contributed by atoms with van der Waals surface area (Å²) in [5.74, 6) is 1.14. The summed E-state index contributed by atoms with van der Waals surface area (Å²) in [6, 6.07) is 3.93. The molecule has 0 aliphatic carbocycles. The van der Waals surface area contributed by atoms with E-state index >= 15 is 0 Å². The maximum absolute atomic E-state index is 8.96. The van der Waals surface area contributed by atoms with E-state index in [1.807, 2.05) is 19.9 Å². The first-order valence-electron chi connectivity index (χ1n) is 5.66. The van der Waals surface area contributed by atoms with Gasteiger partial charge >= 0.3 is 0 Å². The van der Waals surface area contributed by atoms with E-state index in [1.165, 1.54) is 0 Å². The van der Waals surface area contributed by atoms with Gasteiger partial charge in [-0.1, -0.05) is 0 Å². The molecule has 0 unspecified atom stereocenters. The lowest BCUT2D eigenvalue weighted by molar-refractivity contribution is 0.890. The van der Waals surface area contributed by atoms with Crippen molar-refractivity contribution in [2.75, 3.05) is 17.7 Å². The number of anilines is 2. The average molecular weight is 242 g/mol. The van der Waals surface area contributed by atoms with E-state index in [0.717, 1.165) is 5.39 Å². The molecule has 18 heavy (non-hydrogen) atoms. The van der Waals surface area contributed by atoms with Crippen molar-refractivity contribution in [1.29, 1.82) is 5.26 Å². The molecule has 0 saturated carbocycles. The molecule has 0 aliphatic heterocycles. The van der Waals surface area contributed by atoms with Crippen molar-refractivity contribution in [3.8, 4) is 6.07 Å². The molecular weight excluding hydrogens is 228 g/mol. The fourth-order valence-electron chi connectivity index (χ4n) is 1.59. The number of nitrogens with zero attached hydrogens (tertiary/aromatic N) is 4. The minimum absolute atomic E-state index is 0.211. The van der Waals surface area contributed by atoms with Gasteiger partial charge in [-0.25, -0.2) is 15.0 Å². The Kier molecular flexibility index (Phi) is 3.24. The Morgan fingerprint density at radius 2 is 2.11 bits per heavy atom. The molecule has 0 bridgehead atoms. The van der Waals surface area contributed by atoms with Gasteiger partial charge in [0, 0.05) is 24.7 Å². The Labute approximate surface area is 105 Å². The number of nitrogens with one attached hydrogen (secondary N) is 2. The molecule has 0 aromatic carbocycles. The smallest absolute Gasteiger partial charge is 0.223 e. The Bertz CT molecular complexity index is 614. The zero-order valence-electron chi connectivity index (χ0n) is 10.5. The first-order chi connectivity index (χ1) is 8.63. The summed E-state index contributed by atoms with van der Waals surface area (Å²) in [7, 11) is 1.76. The Balaban J connectivity index is 2.66. The summed E-state index contributed by atoms with van der Waals surface area (Å²) in [6.45, 7) is 4.01. The Morgan fingerprint density at radius 3 is 2.72 bits per heavy atom. The van der Waals surface area contributed by atoms with Crippen LogP contribution in [0.1, 0.15) is 19.5 Å². The molecule has 0 saturated heterocycles. The van der Waals surface area contributed by atoms with E-state index in [0.29, 0.717) is 23.0 Å². The van der Waals surface area contributed by atoms with Crippen LogP contribution < -0.4 is 10.6 Å². The molecule has 0 fully saturated rings. The van der Waals surface area contributed by atoms with Gasteiger partial charge in [-0.3, -0.25) is 0 Å². The second kappa shape index (κ2) is 4.84. The van der Waals surface area contributed by atoms with Crippen LogP contribution in [0.4, 0.5) is 11.8 Å². The molecule has 0 spiro atoms. The Hall–Kier alpha value is -2.42. The highest BCUT2D eigenvalue weighted by atomic mass is 15.1. The van der Waals surface area contributed by atoms with Gasteiger partial charge in [0.1, 0.15) is 17.3 Å². The molecule has 2 aromatic heterocycles. The standard InChI is InChI=1S/C12H14N6/c1-7(2)16-11-10-8(4-9(5-13)17-11)6-15-12(14-3)18-10/h4,6-7H,1-3H3,(H,16,17)(H,14,15,18). The van der Waals surface area contributed by atoms with Crippen molar-refractivity contribution in [2.24, 2.45) is 0 Å². The number of fused-ring (bicyclic) bond motifs is 1. The maximum Gasteiger partial charge on any atom is 0.223 e. The quantitative estimate of drug-likeness (QED) is 0.852. The molecule has 6 nitrogen and oxygen atoms in total. The van der Waals surface area contributed by atoms with Crippen LogP contribution in [0.5, 0.6) is 0 Å². The highest BCUT2D eigenvalue weighted by Crippen LogP contribution is 2.21. The predicted octanol–water partition coefficient (Wildman–Crippen LogP) is 1.76. The van der Waals surface area contributed by atoms with Gasteiger partial charge in [0.05, 0.1) is 0 Å². The topological polar surface area (TPSA) is 86.5 Å². The summed E-state index contributed by atoms with van der Waals surface area (Å²) in [5.41, 5.74) is 1.06. The molecule has 2 aromatic rings. The van der Waals surface area contributed by atoms with Gasteiger partial charge < -0.3 is 10.6 Å². The van der Waals surface area contributed by atoms with Crippen LogP contribution in [0.2, 0.25) is 0 Å². The van der Waals surface area contributed by atoms with Crippen LogP contribution in [0.15, 0.2) is 12.3 Å². The number of pyridine rings is 1. The molecule has 6 heteroatoms. The maximum atomic E-state index is 8.96. The molecule has 92 valence electrons. The van der Waals surface area contributed by atoms with E-state index in [-0.39, 0.29) is 6.04 Å². The minimum atomic E-state index is 0.211. The number of nitriles is 1. The monoisotopic (exact) mass is 242 g/mol. The van der Waals surface area contributed by atoms with Crippen LogP contribution in [0.25, 0.3) is 10.9 Å². The van der Waals surface area contributed by atoms with Crippen molar-refractivity contribution in [1.82, 2.24) is 15.0 Å². The van der Waals surface area contributed by atoms with Gasteiger partial charge in [0.15, 0.2) is 5.82 Å². The molecule has 0 radical (unpaired) electrons. The average Bonchev–Trinajstić information content (AvgIpc) is 2.37. The fraction of sp³-hybridized carbons (Fsp3) is 0.333. The van der Waals surface area contributed by atoms with Crippen LogP contribution in [-0.2, 0) is 0 Å². The SMILES string of the molecule is CNc1ncc2cc(C#N)nc(NC(C)C)c2n1. The molecule has 2 rings (SSSR count). The van der Waals surface area contributed by atoms with Crippen molar-refractivity contribution in [3.63, 3.8) is 0 Å². The van der Waals surface area contributed by atoms with E-state index in [2.05, 4.69) is 25.6 Å². The summed E-state index contributed by atoms with van der Waals surface area (Å²) >= 11 is 0. The third-order valence-electron chi connectivity index (χ3n) is 2.33. The lowest BCUT2D eigenvalue weighted by Gasteiger charge is -2.11. The van der Waals surface area contributed by atoms with E-state index in [4.69, 9.17) is 5.26 Å². The van der Waals surface area contributed by atoms with Crippen molar-refractivity contribution in [2.45, 2.75) is 19.9 Å². The third-order valence-corrected chi connectivity index (χ3v) is 2.33. The zero-order chi connectivity index (χ0) is 13.1. The number of hydrogen-bond acceptors (Lipinski definition) is 6. The highest BCUT2D eigenvalue weighted by molar-refractivity contribution is 5.89. The largest absolute Gasteiger partial charge is 0.366 e. The minimum Gasteiger partial charge on any atom is -0.366 e. The Morgan fingerprint density at radius 1 is 1.33 bits per heavy atom. The molecule has 0 aliphatic rings. The third kappa shape index (κ3) is 2.30. The molecule has 0 amide bonds. The number of aromatic nitrogens is 3. The van der Waals surface area contributed by atoms with Crippen LogP contribution in [-0.4, -0.2) is 28.0 Å². The van der Waals surface area contributed by atoms with Gasteiger partial charge in [-0.2, -0.15) is 5.26 Å². The lowest BCUT2D eigenvalue weighted by Crippen LogP contribution is -2.12. The lowest BCUT2D eigenvalue weighted by atomic mass is 10.2. The summed E-state index contributed by atoms with van der Waals surface area (Å²) < 4.78 is 0. The summed E-state index contributed by atoms with van der Waals surface area (Å²) in [6.07, 6.45) is 1.68. The van der Waals surface area contributed by atoms with Crippen LogP contribution >= 0.6 is 0 Å². The van der Waals surface area contributed by atoms with Gasteiger partial charge in [-0.05, 0) is 19.9 Å². The summed E-state index contributed by atoms with van der Waals surface area (Å²) in [4.78, 5) is 12.7. The normalized spacial score (nSPS) is 10.4. The second-order valence-corrected chi connectivity index (χ2v) is 4.15. The van der Waals surface area contributed by atoms with Crippen LogP contribution in [0, 0.1) is 11.3 Å². The number of rotatable bonds is 3. The fourth-order valence-corrected chi connectivity index (χ4v) is 1.59. The van der Waals surface area contributed by atoms with E-state index in [9.17, 15) is 0 Å².